The van der Waals surface area contributed by atoms with Gasteiger partial charge in [-0.1, -0.05) is 0 Å². The van der Waals surface area contributed by atoms with E-state index in [9.17, 15) is 5.11 Å². The molecule has 0 atom stereocenters. The van der Waals surface area contributed by atoms with Crippen molar-refractivity contribution in [1.82, 2.24) is 0 Å². The molecule has 0 fully saturated rings. The Bertz CT molecular complexity index is 419. The summed E-state index contributed by atoms with van der Waals surface area (Å²) < 4.78 is 11.4. The zero-order chi connectivity index (χ0) is 14.0. The van der Waals surface area contributed by atoms with E-state index in [1.807, 2.05) is 12.1 Å². The molecule has 0 aliphatic rings. The van der Waals surface area contributed by atoms with Crippen molar-refractivity contribution in [3.05, 3.63) is 18.2 Å². The minimum Gasteiger partial charge on any atom is -1.00 e. The van der Waals surface area contributed by atoms with E-state index in [1.165, 1.54) is 0 Å². The van der Waals surface area contributed by atoms with Crippen molar-refractivity contribution in [2.45, 2.75) is 13.1 Å². The molecule has 1 aromatic rings. The number of hydrogen-bond donors (Lipinski definition) is 1. The number of hydrogen-bond acceptors (Lipinski definition) is 3. The smallest absolute Gasteiger partial charge is 0.224 e. The molecule has 0 radical (unpaired) electrons. The summed E-state index contributed by atoms with van der Waals surface area (Å²) in [5.41, 5.74) is 0. The number of ether oxygens (including phenoxy) is 1. The van der Waals surface area contributed by atoms with E-state index in [0.29, 0.717) is 12.0 Å². The Morgan fingerprint density at radius 3 is 2.26 bits per heavy atom. The zero-order valence-corrected chi connectivity index (χ0v) is 16.0. The highest BCUT2D eigenvalue weighted by Crippen LogP contribution is 2.48. The fraction of sp³-hybridized carbons (Fsp3) is 0.538. The van der Waals surface area contributed by atoms with Gasteiger partial charge in [0.25, 0.3) is 0 Å². The number of phenols is 1. The molecule has 6 heteroatoms. The van der Waals surface area contributed by atoms with Crippen LogP contribution in [0.25, 0.3) is 0 Å². The van der Waals surface area contributed by atoms with Crippen LogP contribution in [0.15, 0.2) is 18.2 Å². The Labute approximate surface area is 128 Å². The lowest BCUT2D eigenvalue weighted by atomic mass is 10.3. The molecular formula is C13H24BrO3PSi. The largest absolute Gasteiger partial charge is 1.00 e. The van der Waals surface area contributed by atoms with Gasteiger partial charge in [0.05, 0.1) is 20.0 Å². The highest BCUT2D eigenvalue weighted by atomic mass is 79.9. The predicted octanol–water partition coefficient (Wildman–Crippen LogP) is -0.302. The van der Waals surface area contributed by atoms with Gasteiger partial charge < -0.3 is 31.3 Å². The molecule has 19 heavy (non-hydrogen) atoms. The lowest BCUT2D eigenvalue weighted by Crippen LogP contribution is -3.00. The third kappa shape index (κ3) is 5.82. The van der Waals surface area contributed by atoms with Crippen LogP contribution in [-0.4, -0.2) is 46.8 Å². The standard InChI is InChI=1S/C13H23O3PSi.BrH/c1-15-18(5,6)10-16-12-8-7-11(14)9-13(12)17(2,3)4;/h7-9H,10H2,1-6H3;1H. The molecular weight excluding hydrogens is 343 g/mol. The van der Waals surface area contributed by atoms with Crippen LogP contribution < -0.4 is 27.0 Å². The number of aromatic hydroxyl groups is 1. The van der Waals surface area contributed by atoms with Gasteiger partial charge in [-0.25, -0.2) is 0 Å². The van der Waals surface area contributed by atoms with Crippen LogP contribution in [0.4, 0.5) is 0 Å². The van der Waals surface area contributed by atoms with E-state index < -0.39 is 15.6 Å². The van der Waals surface area contributed by atoms with Crippen LogP contribution in [0.2, 0.25) is 13.1 Å². The summed E-state index contributed by atoms with van der Waals surface area (Å²) in [6.07, 6.45) is 0.626. The summed E-state index contributed by atoms with van der Waals surface area (Å²) in [7, 11) is -1.22. The van der Waals surface area contributed by atoms with Crippen LogP contribution in [-0.2, 0) is 4.43 Å². The molecule has 3 nitrogen and oxygen atoms in total. The Kier molecular flexibility index (Phi) is 7.04. The van der Waals surface area contributed by atoms with E-state index in [4.69, 9.17) is 9.16 Å². The third-order valence-corrected chi connectivity index (χ3v) is 6.53. The molecule has 0 saturated heterocycles. The fourth-order valence-electron chi connectivity index (χ4n) is 1.46. The number of rotatable bonds is 5. The van der Waals surface area contributed by atoms with Crippen molar-refractivity contribution in [3.8, 4) is 11.5 Å². The van der Waals surface area contributed by atoms with Gasteiger partial charge in [0, 0.05) is 20.4 Å². The van der Waals surface area contributed by atoms with Crippen molar-refractivity contribution in [1.29, 1.82) is 0 Å². The van der Waals surface area contributed by atoms with Gasteiger partial charge in [0.15, 0.2) is 5.75 Å². The number of halogens is 1. The van der Waals surface area contributed by atoms with Gasteiger partial charge >= 0.3 is 0 Å². The normalized spacial score (nSPS) is 11.9. The molecule has 0 amide bonds. The van der Waals surface area contributed by atoms with E-state index in [0.717, 1.165) is 11.1 Å². The summed E-state index contributed by atoms with van der Waals surface area (Å²) in [5.74, 6) is 1.18. The van der Waals surface area contributed by atoms with E-state index in [1.54, 1.807) is 13.2 Å². The molecule has 0 saturated carbocycles. The summed E-state index contributed by atoms with van der Waals surface area (Å²) in [5, 5.41) is 10.7. The van der Waals surface area contributed by atoms with Gasteiger partial charge in [-0.2, -0.15) is 0 Å². The zero-order valence-electron chi connectivity index (χ0n) is 12.5. The fourth-order valence-corrected chi connectivity index (χ4v) is 3.40. The van der Waals surface area contributed by atoms with Gasteiger partial charge in [-0.05, 0) is 25.2 Å². The van der Waals surface area contributed by atoms with Gasteiger partial charge in [0.1, 0.15) is 17.3 Å². The molecule has 1 aromatic carbocycles. The van der Waals surface area contributed by atoms with Crippen LogP contribution in [0.1, 0.15) is 0 Å². The second-order valence-electron chi connectivity index (χ2n) is 5.92. The molecule has 0 aliphatic carbocycles. The van der Waals surface area contributed by atoms with Gasteiger partial charge in [0.2, 0.25) is 8.32 Å². The Morgan fingerprint density at radius 1 is 1.21 bits per heavy atom. The third-order valence-electron chi connectivity index (χ3n) is 2.79. The van der Waals surface area contributed by atoms with Crippen LogP contribution in [0, 0.1) is 0 Å². The lowest BCUT2D eigenvalue weighted by molar-refractivity contribution is -0.00000607. The molecule has 0 aliphatic heterocycles. The predicted molar refractivity (Wildman–Crippen MR) is 82.4 cm³/mol. The maximum absolute atomic E-state index is 9.62. The topological polar surface area (TPSA) is 38.7 Å². The van der Waals surface area contributed by atoms with Crippen LogP contribution in [0.5, 0.6) is 11.5 Å². The maximum Gasteiger partial charge on any atom is 0.224 e. The van der Waals surface area contributed by atoms with Crippen LogP contribution in [0.3, 0.4) is 0 Å². The van der Waals surface area contributed by atoms with Crippen molar-refractivity contribution in [3.63, 3.8) is 0 Å². The number of benzene rings is 1. The molecule has 0 unspecified atom stereocenters. The first-order valence-electron chi connectivity index (χ1n) is 5.99. The number of phenolic OH excluding ortho intramolecular Hbond substituents is 1. The second-order valence-corrected chi connectivity index (χ2v) is 14.6. The monoisotopic (exact) mass is 366 g/mol. The first-order chi connectivity index (χ1) is 8.15. The summed E-state index contributed by atoms with van der Waals surface area (Å²) in [6, 6.07) is 5.36. The van der Waals surface area contributed by atoms with Gasteiger partial charge in [-0.15, -0.1) is 0 Å². The van der Waals surface area contributed by atoms with E-state index in [2.05, 4.69) is 33.1 Å². The quantitative estimate of drug-likeness (QED) is 0.574. The first-order valence-corrected chi connectivity index (χ1v) is 12.2. The molecule has 1 N–H and O–H groups in total. The molecule has 0 spiro atoms. The van der Waals surface area contributed by atoms with Gasteiger partial charge in [-0.3, -0.25) is 0 Å². The molecule has 110 valence electrons. The van der Waals surface area contributed by atoms with E-state index >= 15 is 0 Å². The average molecular weight is 367 g/mol. The van der Waals surface area contributed by atoms with E-state index in [-0.39, 0.29) is 17.0 Å². The van der Waals surface area contributed by atoms with Crippen molar-refractivity contribution < 1.29 is 31.3 Å². The molecule has 0 heterocycles. The van der Waals surface area contributed by atoms with Crippen molar-refractivity contribution in [2.75, 3.05) is 33.3 Å². The first kappa shape index (κ1) is 18.9. The Hall–Kier alpha value is -0.0931. The highest BCUT2D eigenvalue weighted by molar-refractivity contribution is 7.81. The highest BCUT2D eigenvalue weighted by Gasteiger charge is 2.29. The lowest BCUT2D eigenvalue weighted by Gasteiger charge is -2.22. The Morgan fingerprint density at radius 2 is 1.79 bits per heavy atom. The second kappa shape index (κ2) is 7.07. The summed E-state index contributed by atoms with van der Waals surface area (Å²) in [4.78, 5) is 0. The molecule has 1 rings (SSSR count). The summed E-state index contributed by atoms with van der Waals surface area (Å²) >= 11 is 0. The average Bonchev–Trinajstić information content (AvgIpc) is 2.26. The van der Waals surface area contributed by atoms with Crippen molar-refractivity contribution >= 4 is 20.9 Å². The minimum atomic E-state index is -1.73. The summed E-state index contributed by atoms with van der Waals surface area (Å²) in [6.45, 7) is 10.9. The molecule has 0 aromatic heterocycles. The Balaban J connectivity index is 0.00000324. The van der Waals surface area contributed by atoms with Crippen molar-refractivity contribution in [2.24, 2.45) is 0 Å². The van der Waals surface area contributed by atoms with Crippen LogP contribution >= 0.6 is 7.26 Å². The molecule has 0 bridgehead atoms. The SMILES string of the molecule is CO[Si](C)(C)COc1ccc(O)cc1[P+](C)(C)C.[Br-]. The maximum atomic E-state index is 9.62. The minimum absolute atomic E-state index is 0.